The largest absolute Gasteiger partial charge is 0.512 e. The summed E-state index contributed by atoms with van der Waals surface area (Å²) in [5.41, 5.74) is 1.08. The molecule has 0 radical (unpaired) electrons. The Morgan fingerprint density at radius 2 is 2.05 bits per heavy atom. The lowest BCUT2D eigenvalue weighted by molar-refractivity contribution is 0.141. The Kier molecular flexibility index (Phi) is 2.94. The molecule has 7 heteroatoms. The molecule has 0 atom stereocenters. The number of fused-ring (bicyclic) bond motifs is 1. The topological polar surface area (TPSA) is 97.2 Å². The van der Waals surface area contributed by atoms with Crippen LogP contribution in [-0.4, -0.2) is 25.8 Å². The Balaban J connectivity index is 2.43. The Hall–Kier alpha value is -3.09. The molecule has 3 rings (SSSR count). The number of nitrogens with one attached hydrogen (secondary N) is 1. The number of hydrogen-bond acceptors (Lipinski definition) is 4. The second-order valence-electron chi connectivity index (χ2n) is 4.40. The molecule has 0 saturated carbocycles. The van der Waals surface area contributed by atoms with Crippen LogP contribution in [0.2, 0.25) is 0 Å². The lowest BCUT2D eigenvalue weighted by Crippen LogP contribution is -2.08. The quantitative estimate of drug-likeness (QED) is 0.702. The van der Waals surface area contributed by atoms with E-state index in [9.17, 15) is 9.59 Å². The van der Waals surface area contributed by atoms with Crippen molar-refractivity contribution in [2.75, 3.05) is 0 Å². The predicted molar refractivity (Wildman–Crippen MR) is 75.1 cm³/mol. The summed E-state index contributed by atoms with van der Waals surface area (Å²) >= 11 is 0. The fourth-order valence-corrected chi connectivity index (χ4v) is 2.29. The highest BCUT2D eigenvalue weighted by Crippen LogP contribution is 2.31. The third-order valence-electron chi connectivity index (χ3n) is 3.14. The van der Waals surface area contributed by atoms with Crippen LogP contribution in [0, 0.1) is 6.92 Å². The van der Waals surface area contributed by atoms with Crippen LogP contribution in [0.15, 0.2) is 41.5 Å². The van der Waals surface area contributed by atoms with Crippen molar-refractivity contribution in [3.8, 4) is 11.6 Å². The Labute approximate surface area is 118 Å². The molecule has 2 heterocycles. The molecule has 0 aliphatic carbocycles. The number of carboxylic acid groups (broad SMARTS) is 1. The summed E-state index contributed by atoms with van der Waals surface area (Å²) in [5.74, 6) is 0.0629. The minimum atomic E-state index is -1.45. The van der Waals surface area contributed by atoms with Crippen molar-refractivity contribution in [3.05, 3.63) is 52.6 Å². The fourth-order valence-electron chi connectivity index (χ4n) is 2.29. The van der Waals surface area contributed by atoms with Crippen molar-refractivity contribution in [1.29, 1.82) is 0 Å². The highest BCUT2D eigenvalue weighted by molar-refractivity contribution is 5.85. The number of aryl methyl sites for hydroxylation is 1. The van der Waals surface area contributed by atoms with Gasteiger partial charge in [0.1, 0.15) is 0 Å². The summed E-state index contributed by atoms with van der Waals surface area (Å²) in [5, 5.41) is 9.22. The van der Waals surface area contributed by atoms with Crippen LogP contribution in [0.1, 0.15) is 5.56 Å². The second kappa shape index (κ2) is 4.78. The van der Waals surface area contributed by atoms with Crippen LogP contribution in [0.3, 0.4) is 0 Å². The van der Waals surface area contributed by atoms with Crippen LogP contribution in [0.4, 0.5) is 4.79 Å². The number of rotatable bonds is 2. The summed E-state index contributed by atoms with van der Waals surface area (Å²) in [4.78, 5) is 29.5. The molecule has 7 nitrogen and oxygen atoms in total. The van der Waals surface area contributed by atoms with E-state index in [1.807, 2.05) is 6.07 Å². The van der Waals surface area contributed by atoms with E-state index >= 15 is 0 Å². The third kappa shape index (κ3) is 2.04. The smallest absolute Gasteiger partial charge is 0.449 e. The highest BCUT2D eigenvalue weighted by atomic mass is 16.7. The van der Waals surface area contributed by atoms with Gasteiger partial charge >= 0.3 is 6.16 Å². The third-order valence-corrected chi connectivity index (χ3v) is 3.14. The maximum Gasteiger partial charge on any atom is 0.512 e. The average Bonchev–Trinajstić information content (AvgIpc) is 2.73. The Morgan fingerprint density at radius 1 is 1.33 bits per heavy atom. The molecule has 0 unspecified atom stereocenters. The first-order chi connectivity index (χ1) is 10.1. The maximum absolute atomic E-state index is 12.0. The van der Waals surface area contributed by atoms with E-state index in [0.29, 0.717) is 22.3 Å². The molecule has 2 N–H and O–H groups in total. The lowest BCUT2D eigenvalue weighted by atomic mass is 10.3. The summed E-state index contributed by atoms with van der Waals surface area (Å²) in [7, 11) is 0. The molecule has 0 aliphatic heterocycles. The summed E-state index contributed by atoms with van der Waals surface area (Å²) < 4.78 is 6.37. The van der Waals surface area contributed by atoms with E-state index in [1.54, 1.807) is 31.2 Å². The molecule has 0 spiro atoms. The standard InChI is InChI=1S/C14H11N3O4/c1-8-10-11(15-7-16-12(10)18)17(13(8)21-14(19)20)9-5-3-2-4-6-9/h2-7H,1H3,(H,19,20)(H,15,16,18). The number of aromatic nitrogens is 3. The first-order valence-corrected chi connectivity index (χ1v) is 6.14. The number of H-pyrrole nitrogens is 1. The first kappa shape index (κ1) is 12.9. The zero-order valence-electron chi connectivity index (χ0n) is 11.0. The number of ether oxygens (including phenoxy) is 1. The van der Waals surface area contributed by atoms with Crippen LogP contribution in [0.25, 0.3) is 16.7 Å². The lowest BCUT2D eigenvalue weighted by Gasteiger charge is -2.08. The molecular formula is C14H11N3O4. The molecule has 0 saturated heterocycles. The van der Waals surface area contributed by atoms with Gasteiger partial charge in [-0.1, -0.05) is 18.2 Å². The molecule has 106 valence electrons. The molecule has 0 fully saturated rings. The number of nitrogens with zero attached hydrogens (tertiary/aromatic N) is 2. The molecular weight excluding hydrogens is 274 g/mol. The van der Waals surface area contributed by atoms with Crippen molar-refractivity contribution in [1.82, 2.24) is 14.5 Å². The first-order valence-electron chi connectivity index (χ1n) is 6.14. The Morgan fingerprint density at radius 3 is 2.71 bits per heavy atom. The molecule has 1 aromatic carbocycles. The van der Waals surface area contributed by atoms with E-state index < -0.39 is 6.16 Å². The zero-order chi connectivity index (χ0) is 15.0. The number of aromatic amines is 1. The number of benzene rings is 1. The van der Waals surface area contributed by atoms with E-state index in [2.05, 4.69) is 9.97 Å². The van der Waals surface area contributed by atoms with Gasteiger partial charge in [0.25, 0.3) is 5.56 Å². The summed E-state index contributed by atoms with van der Waals surface area (Å²) in [6.07, 6.45) is -0.178. The van der Waals surface area contributed by atoms with Gasteiger partial charge in [0.05, 0.1) is 17.4 Å². The van der Waals surface area contributed by atoms with Crippen LogP contribution < -0.4 is 10.3 Å². The van der Waals surface area contributed by atoms with E-state index in [0.717, 1.165) is 0 Å². The van der Waals surface area contributed by atoms with Gasteiger partial charge in [-0.3, -0.25) is 9.36 Å². The molecule has 0 aliphatic rings. The normalized spacial score (nSPS) is 10.7. The number of hydrogen-bond donors (Lipinski definition) is 2. The van der Waals surface area contributed by atoms with Crippen molar-refractivity contribution in [3.63, 3.8) is 0 Å². The van der Waals surface area contributed by atoms with Crippen molar-refractivity contribution in [2.45, 2.75) is 6.92 Å². The average molecular weight is 285 g/mol. The molecule has 0 bridgehead atoms. The van der Waals surface area contributed by atoms with E-state index in [-0.39, 0.29) is 11.4 Å². The van der Waals surface area contributed by atoms with Gasteiger partial charge in [0.15, 0.2) is 5.65 Å². The molecule has 21 heavy (non-hydrogen) atoms. The van der Waals surface area contributed by atoms with Crippen LogP contribution >= 0.6 is 0 Å². The van der Waals surface area contributed by atoms with Crippen molar-refractivity contribution in [2.24, 2.45) is 0 Å². The maximum atomic E-state index is 12.0. The van der Waals surface area contributed by atoms with E-state index in [4.69, 9.17) is 9.84 Å². The Bertz CT molecular complexity index is 880. The van der Waals surface area contributed by atoms with Crippen molar-refractivity contribution >= 4 is 17.2 Å². The van der Waals surface area contributed by atoms with Gasteiger partial charge in [0.2, 0.25) is 5.88 Å². The van der Waals surface area contributed by atoms with Gasteiger partial charge in [-0.15, -0.1) is 0 Å². The fraction of sp³-hybridized carbons (Fsp3) is 0.0714. The van der Waals surface area contributed by atoms with Crippen molar-refractivity contribution < 1.29 is 14.6 Å². The monoisotopic (exact) mass is 285 g/mol. The SMILES string of the molecule is Cc1c(OC(=O)O)n(-c2ccccc2)c2nc[nH]c(=O)c12. The predicted octanol–water partition coefficient (Wildman–Crippen LogP) is 2.08. The highest BCUT2D eigenvalue weighted by Gasteiger charge is 2.22. The summed E-state index contributed by atoms with van der Waals surface area (Å²) in [6, 6.07) is 8.98. The molecule has 0 amide bonds. The van der Waals surface area contributed by atoms with Gasteiger partial charge in [-0.05, 0) is 19.1 Å². The number of carbonyl (C=O) groups is 1. The van der Waals surface area contributed by atoms with Gasteiger partial charge in [-0.2, -0.15) is 0 Å². The number of para-hydroxylation sites is 1. The van der Waals surface area contributed by atoms with Gasteiger partial charge in [-0.25, -0.2) is 9.78 Å². The van der Waals surface area contributed by atoms with Crippen LogP contribution in [0.5, 0.6) is 5.88 Å². The van der Waals surface area contributed by atoms with E-state index in [1.165, 1.54) is 10.9 Å². The van der Waals surface area contributed by atoms with Crippen LogP contribution in [-0.2, 0) is 0 Å². The van der Waals surface area contributed by atoms with Gasteiger partial charge in [0, 0.05) is 5.56 Å². The van der Waals surface area contributed by atoms with Gasteiger partial charge < -0.3 is 14.8 Å². The minimum absolute atomic E-state index is 0.0629. The molecule has 3 aromatic rings. The summed E-state index contributed by atoms with van der Waals surface area (Å²) in [6.45, 7) is 1.62. The zero-order valence-corrected chi connectivity index (χ0v) is 11.0. The minimum Gasteiger partial charge on any atom is -0.449 e. The second-order valence-corrected chi connectivity index (χ2v) is 4.40. The molecule has 2 aromatic heterocycles.